The summed E-state index contributed by atoms with van der Waals surface area (Å²) in [6, 6.07) is 5.25. The van der Waals surface area contributed by atoms with E-state index in [9.17, 15) is 4.79 Å². The van der Waals surface area contributed by atoms with Crippen molar-refractivity contribution in [3.05, 3.63) is 34.3 Å². The molecule has 0 bridgehead atoms. The number of aldehydes is 1. The molecule has 0 saturated heterocycles. The number of benzene rings is 1. The first-order valence-electron chi connectivity index (χ1n) is 4.94. The summed E-state index contributed by atoms with van der Waals surface area (Å²) in [6.07, 6.45) is 0.844. The van der Waals surface area contributed by atoms with Gasteiger partial charge < -0.3 is 5.32 Å². The molecule has 0 aromatic heterocycles. The number of carbonyl (C=O) groups is 1. The number of carbonyl (C=O) groups excluding carboxylic acids is 1. The highest BCUT2D eigenvalue weighted by Gasteiger charge is 2.08. The number of hydrogen-bond acceptors (Lipinski definition) is 4. The van der Waals surface area contributed by atoms with Crippen molar-refractivity contribution in [3.8, 4) is 0 Å². The number of rotatable bonds is 3. The molecule has 0 unspecified atom stereocenters. The molecule has 84 valence electrons. The Morgan fingerprint density at radius 3 is 3.12 bits per heavy atom. The van der Waals surface area contributed by atoms with Gasteiger partial charge in [-0.1, -0.05) is 23.4 Å². The van der Waals surface area contributed by atoms with Crippen LogP contribution < -0.4 is 5.32 Å². The van der Waals surface area contributed by atoms with Crippen LogP contribution in [0, 0.1) is 0 Å². The van der Waals surface area contributed by atoms with Gasteiger partial charge in [0.1, 0.15) is 6.29 Å². The van der Waals surface area contributed by atoms with Crippen LogP contribution in [0.25, 0.3) is 0 Å². The van der Waals surface area contributed by atoms with Gasteiger partial charge in [0, 0.05) is 22.9 Å². The highest BCUT2D eigenvalue weighted by molar-refractivity contribution is 8.14. The lowest BCUT2D eigenvalue weighted by atomic mass is 10.1. The lowest BCUT2D eigenvalue weighted by molar-refractivity contribution is 0.112. The number of aliphatic imine (C=N–C) groups is 1. The summed E-state index contributed by atoms with van der Waals surface area (Å²) < 4.78 is 0. The Hall–Kier alpha value is -1.000. The Balaban J connectivity index is 2.07. The van der Waals surface area contributed by atoms with E-state index >= 15 is 0 Å². The fourth-order valence-electron chi connectivity index (χ4n) is 1.46. The van der Waals surface area contributed by atoms with Crippen molar-refractivity contribution in [2.45, 2.75) is 6.54 Å². The molecule has 0 amide bonds. The maximum atomic E-state index is 10.8. The van der Waals surface area contributed by atoms with Crippen molar-refractivity contribution >= 4 is 34.8 Å². The molecule has 2 rings (SSSR count). The third-order valence-electron chi connectivity index (χ3n) is 2.25. The minimum Gasteiger partial charge on any atom is -0.361 e. The van der Waals surface area contributed by atoms with E-state index in [0.717, 1.165) is 29.3 Å². The fraction of sp³-hybridized carbons (Fsp3) is 0.273. The van der Waals surface area contributed by atoms with Crippen LogP contribution in [0.4, 0.5) is 0 Å². The SMILES string of the molecule is O=Cc1ccc(Cl)cc1CNC1=NCCS1. The molecular weight excluding hydrogens is 244 g/mol. The summed E-state index contributed by atoms with van der Waals surface area (Å²) in [4.78, 5) is 15.1. The van der Waals surface area contributed by atoms with Crippen molar-refractivity contribution in [1.29, 1.82) is 0 Å². The zero-order chi connectivity index (χ0) is 11.4. The van der Waals surface area contributed by atoms with Crippen molar-refractivity contribution in [1.82, 2.24) is 5.32 Å². The van der Waals surface area contributed by atoms with Gasteiger partial charge in [0.25, 0.3) is 0 Å². The molecule has 3 nitrogen and oxygen atoms in total. The van der Waals surface area contributed by atoms with E-state index in [1.807, 2.05) is 0 Å². The smallest absolute Gasteiger partial charge is 0.156 e. The molecule has 0 aliphatic carbocycles. The molecule has 1 aliphatic rings. The van der Waals surface area contributed by atoms with E-state index in [-0.39, 0.29) is 0 Å². The number of halogens is 1. The molecule has 1 aromatic rings. The van der Waals surface area contributed by atoms with Crippen molar-refractivity contribution in [3.63, 3.8) is 0 Å². The van der Waals surface area contributed by atoms with Gasteiger partial charge >= 0.3 is 0 Å². The summed E-state index contributed by atoms with van der Waals surface area (Å²) in [5.41, 5.74) is 1.57. The number of thioether (sulfide) groups is 1. The van der Waals surface area contributed by atoms with E-state index in [2.05, 4.69) is 10.3 Å². The van der Waals surface area contributed by atoms with Crippen LogP contribution in [-0.2, 0) is 6.54 Å². The Morgan fingerprint density at radius 2 is 2.44 bits per heavy atom. The van der Waals surface area contributed by atoms with Gasteiger partial charge in [-0.05, 0) is 23.8 Å². The van der Waals surface area contributed by atoms with Gasteiger partial charge in [0.05, 0.1) is 6.54 Å². The average Bonchev–Trinajstić information content (AvgIpc) is 2.79. The minimum atomic E-state index is 0.584. The van der Waals surface area contributed by atoms with E-state index < -0.39 is 0 Å². The number of nitrogens with zero attached hydrogens (tertiary/aromatic N) is 1. The van der Waals surface area contributed by atoms with Crippen molar-refractivity contribution in [2.75, 3.05) is 12.3 Å². The minimum absolute atomic E-state index is 0.584. The summed E-state index contributed by atoms with van der Waals surface area (Å²) in [6.45, 7) is 1.45. The largest absolute Gasteiger partial charge is 0.361 e. The van der Waals surface area contributed by atoms with Crippen molar-refractivity contribution < 1.29 is 4.79 Å². The van der Waals surface area contributed by atoms with Crippen LogP contribution in [0.1, 0.15) is 15.9 Å². The Labute approximate surface area is 103 Å². The fourth-order valence-corrected chi connectivity index (χ4v) is 2.38. The van der Waals surface area contributed by atoms with Crippen LogP contribution in [0.3, 0.4) is 0 Å². The summed E-state index contributed by atoms with van der Waals surface area (Å²) in [7, 11) is 0. The third kappa shape index (κ3) is 2.77. The molecule has 1 aromatic carbocycles. The quantitative estimate of drug-likeness (QED) is 0.842. The van der Waals surface area contributed by atoms with E-state index in [0.29, 0.717) is 17.1 Å². The molecule has 1 aliphatic heterocycles. The number of amidine groups is 1. The van der Waals surface area contributed by atoms with Gasteiger partial charge in [0.2, 0.25) is 0 Å². The second-order valence-electron chi connectivity index (χ2n) is 3.35. The maximum absolute atomic E-state index is 10.8. The van der Waals surface area contributed by atoms with Crippen LogP contribution in [0.2, 0.25) is 5.02 Å². The zero-order valence-corrected chi connectivity index (χ0v) is 10.1. The zero-order valence-electron chi connectivity index (χ0n) is 8.57. The Kier molecular flexibility index (Phi) is 3.85. The third-order valence-corrected chi connectivity index (χ3v) is 3.42. The molecule has 0 spiro atoms. The topological polar surface area (TPSA) is 41.5 Å². The van der Waals surface area contributed by atoms with E-state index in [4.69, 9.17) is 11.6 Å². The number of hydrogen-bond donors (Lipinski definition) is 1. The van der Waals surface area contributed by atoms with Gasteiger partial charge in [0.15, 0.2) is 5.17 Å². The first-order chi connectivity index (χ1) is 7.79. The predicted octanol–water partition coefficient (Wildman–Crippen LogP) is 2.34. The molecule has 0 radical (unpaired) electrons. The highest BCUT2D eigenvalue weighted by atomic mass is 35.5. The predicted molar refractivity (Wildman–Crippen MR) is 68.4 cm³/mol. The van der Waals surface area contributed by atoms with Gasteiger partial charge in [-0.15, -0.1) is 0 Å². The van der Waals surface area contributed by atoms with Crippen LogP contribution in [0.15, 0.2) is 23.2 Å². The molecule has 0 saturated carbocycles. The molecule has 1 N–H and O–H groups in total. The summed E-state index contributed by atoms with van der Waals surface area (Å²) in [5, 5.41) is 4.78. The van der Waals surface area contributed by atoms with Crippen molar-refractivity contribution in [2.24, 2.45) is 4.99 Å². The Morgan fingerprint density at radius 1 is 1.56 bits per heavy atom. The second-order valence-corrected chi connectivity index (χ2v) is 4.87. The molecule has 0 fully saturated rings. The lowest BCUT2D eigenvalue weighted by Gasteiger charge is -2.07. The summed E-state index contributed by atoms with van der Waals surface area (Å²) >= 11 is 7.59. The van der Waals surface area contributed by atoms with Crippen LogP contribution in [-0.4, -0.2) is 23.8 Å². The second kappa shape index (κ2) is 5.37. The molecule has 1 heterocycles. The van der Waals surface area contributed by atoms with Gasteiger partial charge in [-0.2, -0.15) is 0 Å². The maximum Gasteiger partial charge on any atom is 0.156 e. The normalized spacial score (nSPS) is 14.7. The molecule has 0 atom stereocenters. The highest BCUT2D eigenvalue weighted by Crippen LogP contribution is 2.16. The molecular formula is C11H11ClN2OS. The first kappa shape index (κ1) is 11.5. The van der Waals surface area contributed by atoms with Gasteiger partial charge in [-0.25, -0.2) is 0 Å². The van der Waals surface area contributed by atoms with Crippen LogP contribution >= 0.6 is 23.4 Å². The number of nitrogens with one attached hydrogen (secondary N) is 1. The molecule has 16 heavy (non-hydrogen) atoms. The lowest BCUT2D eigenvalue weighted by Crippen LogP contribution is -2.19. The van der Waals surface area contributed by atoms with E-state index in [1.165, 1.54) is 0 Å². The first-order valence-corrected chi connectivity index (χ1v) is 6.30. The average molecular weight is 255 g/mol. The van der Waals surface area contributed by atoms with E-state index in [1.54, 1.807) is 30.0 Å². The Bertz CT molecular complexity index is 434. The van der Waals surface area contributed by atoms with Gasteiger partial charge in [-0.3, -0.25) is 9.79 Å². The standard InChI is InChI=1S/C11H11ClN2OS/c12-10-2-1-8(7-15)9(5-10)6-14-11-13-3-4-16-11/h1-2,5,7H,3-4,6H2,(H,13,14). The molecule has 5 heteroatoms. The van der Waals surface area contributed by atoms with Crippen LogP contribution in [0.5, 0.6) is 0 Å². The monoisotopic (exact) mass is 254 g/mol. The summed E-state index contributed by atoms with van der Waals surface area (Å²) in [5.74, 6) is 1.03.